The number of aromatic hydroxyl groups is 1. The Morgan fingerprint density at radius 3 is 2.50 bits per heavy atom. The predicted molar refractivity (Wildman–Crippen MR) is 109 cm³/mol. The third-order valence-electron chi connectivity index (χ3n) is 4.28. The number of allylic oxidation sites excluding steroid dienone is 1. The van der Waals surface area contributed by atoms with Crippen LogP contribution < -0.4 is 4.74 Å². The molecule has 3 rings (SSSR count). The molecule has 0 aromatic heterocycles. The first-order valence-electron chi connectivity index (χ1n) is 9.00. The summed E-state index contributed by atoms with van der Waals surface area (Å²) >= 11 is 0. The van der Waals surface area contributed by atoms with Crippen LogP contribution in [0.5, 0.6) is 11.5 Å². The van der Waals surface area contributed by atoms with Gasteiger partial charge in [0, 0.05) is 0 Å². The summed E-state index contributed by atoms with van der Waals surface area (Å²) in [6.45, 7) is 0.518. The zero-order valence-electron chi connectivity index (χ0n) is 15.7. The minimum absolute atomic E-state index is 0.0967. The molecule has 0 aliphatic rings. The first-order chi connectivity index (χ1) is 13.7. The van der Waals surface area contributed by atoms with Crippen LogP contribution in [0.15, 0.2) is 78.9 Å². The van der Waals surface area contributed by atoms with Gasteiger partial charge in [0.2, 0.25) is 0 Å². The number of rotatable bonds is 7. The van der Waals surface area contributed by atoms with E-state index >= 15 is 0 Å². The molecule has 0 aliphatic carbocycles. The van der Waals surface area contributed by atoms with Crippen LogP contribution in [0, 0.1) is 0 Å². The summed E-state index contributed by atoms with van der Waals surface area (Å²) in [5.74, 6) is 0.193. The van der Waals surface area contributed by atoms with Crippen LogP contribution >= 0.6 is 0 Å². The molecule has 0 heterocycles. The van der Waals surface area contributed by atoms with E-state index in [-0.39, 0.29) is 11.3 Å². The van der Waals surface area contributed by atoms with Gasteiger partial charge in [-0.15, -0.1) is 0 Å². The first kappa shape index (κ1) is 19.2. The quantitative estimate of drug-likeness (QED) is 0.591. The third-order valence-corrected chi connectivity index (χ3v) is 4.28. The zero-order valence-corrected chi connectivity index (χ0v) is 15.7. The minimum atomic E-state index is -0.558. The van der Waals surface area contributed by atoms with Crippen molar-refractivity contribution in [2.24, 2.45) is 0 Å². The summed E-state index contributed by atoms with van der Waals surface area (Å²) in [7, 11) is 1.28. The molecule has 0 saturated carbocycles. The van der Waals surface area contributed by atoms with Gasteiger partial charge in [-0.1, -0.05) is 66.7 Å². The normalized spacial score (nSPS) is 10.8. The van der Waals surface area contributed by atoms with Crippen molar-refractivity contribution < 1.29 is 19.4 Å². The van der Waals surface area contributed by atoms with Crippen LogP contribution in [-0.4, -0.2) is 18.2 Å². The molecule has 3 aromatic carbocycles. The monoisotopic (exact) mass is 374 g/mol. The van der Waals surface area contributed by atoms with Gasteiger partial charge >= 0.3 is 5.97 Å². The lowest BCUT2D eigenvalue weighted by atomic mass is 10.1. The molecule has 0 unspecified atom stereocenters. The van der Waals surface area contributed by atoms with Crippen LogP contribution in [0.3, 0.4) is 0 Å². The molecule has 0 radical (unpaired) electrons. The van der Waals surface area contributed by atoms with Gasteiger partial charge in [-0.3, -0.25) is 0 Å². The van der Waals surface area contributed by atoms with E-state index in [2.05, 4.69) is 4.74 Å². The molecule has 0 atom stereocenters. The number of phenolic OH excluding ortho intramolecular Hbond substituents is 1. The maximum atomic E-state index is 11.5. The highest BCUT2D eigenvalue weighted by Crippen LogP contribution is 2.23. The Balaban J connectivity index is 1.66. The maximum Gasteiger partial charge on any atom is 0.341 e. The number of carbonyl (C=O) groups is 1. The number of ether oxygens (including phenoxy) is 2. The second-order valence-electron chi connectivity index (χ2n) is 6.26. The van der Waals surface area contributed by atoms with E-state index in [1.54, 1.807) is 18.2 Å². The summed E-state index contributed by atoms with van der Waals surface area (Å²) in [5.41, 5.74) is 3.14. The van der Waals surface area contributed by atoms with Crippen molar-refractivity contribution in [2.75, 3.05) is 7.11 Å². The molecule has 0 spiro atoms. The van der Waals surface area contributed by atoms with E-state index in [1.807, 2.05) is 66.7 Å². The first-order valence-corrected chi connectivity index (χ1v) is 9.00. The van der Waals surface area contributed by atoms with Crippen LogP contribution in [0.25, 0.3) is 6.08 Å². The van der Waals surface area contributed by atoms with Gasteiger partial charge in [0.1, 0.15) is 23.7 Å². The summed E-state index contributed by atoms with van der Waals surface area (Å²) in [6.07, 6.45) is 4.58. The summed E-state index contributed by atoms with van der Waals surface area (Å²) < 4.78 is 10.6. The Morgan fingerprint density at radius 2 is 1.75 bits per heavy atom. The van der Waals surface area contributed by atoms with Gasteiger partial charge in [-0.2, -0.15) is 0 Å². The molecule has 1 N–H and O–H groups in total. The zero-order chi connectivity index (χ0) is 19.8. The van der Waals surface area contributed by atoms with E-state index in [4.69, 9.17) is 4.74 Å². The number of para-hydroxylation sites is 1. The molecule has 4 nitrogen and oxygen atoms in total. The number of phenols is 1. The Morgan fingerprint density at radius 1 is 1.00 bits per heavy atom. The number of esters is 1. The fourth-order valence-corrected chi connectivity index (χ4v) is 2.81. The summed E-state index contributed by atoms with van der Waals surface area (Å²) in [4.78, 5) is 11.5. The topological polar surface area (TPSA) is 55.8 Å². The average molecular weight is 374 g/mol. The fourth-order valence-electron chi connectivity index (χ4n) is 2.81. The summed E-state index contributed by atoms with van der Waals surface area (Å²) in [6, 6.07) is 22.8. The van der Waals surface area contributed by atoms with Crippen LogP contribution in [0.1, 0.15) is 27.0 Å². The van der Waals surface area contributed by atoms with Gasteiger partial charge in [0.25, 0.3) is 0 Å². The smallest absolute Gasteiger partial charge is 0.341 e. The van der Waals surface area contributed by atoms with Crippen molar-refractivity contribution in [3.63, 3.8) is 0 Å². The van der Waals surface area contributed by atoms with Crippen LogP contribution in [-0.2, 0) is 17.8 Å². The van der Waals surface area contributed by atoms with E-state index in [9.17, 15) is 9.90 Å². The van der Waals surface area contributed by atoms with Crippen LogP contribution in [0.2, 0.25) is 0 Å². The maximum absolute atomic E-state index is 11.5. The fraction of sp³-hybridized carbons (Fsp3) is 0.125. The highest BCUT2D eigenvalue weighted by atomic mass is 16.5. The van der Waals surface area contributed by atoms with Gasteiger partial charge in [-0.05, 0) is 41.3 Å². The van der Waals surface area contributed by atoms with E-state index in [0.717, 1.165) is 22.4 Å². The highest BCUT2D eigenvalue weighted by Gasteiger charge is 2.10. The van der Waals surface area contributed by atoms with Crippen molar-refractivity contribution in [3.05, 3.63) is 101 Å². The molecule has 0 fully saturated rings. The van der Waals surface area contributed by atoms with E-state index in [0.29, 0.717) is 13.0 Å². The average Bonchev–Trinajstić information content (AvgIpc) is 2.73. The number of hydrogen-bond acceptors (Lipinski definition) is 4. The Hall–Kier alpha value is -3.53. The van der Waals surface area contributed by atoms with Crippen molar-refractivity contribution in [1.29, 1.82) is 0 Å². The number of benzene rings is 3. The number of methoxy groups -OCH3 is 1. The third kappa shape index (κ3) is 5.01. The lowest BCUT2D eigenvalue weighted by molar-refractivity contribution is 0.0597. The molecular weight excluding hydrogens is 352 g/mol. The Labute approximate surface area is 164 Å². The van der Waals surface area contributed by atoms with Crippen molar-refractivity contribution >= 4 is 12.0 Å². The molecule has 0 aliphatic heterocycles. The van der Waals surface area contributed by atoms with Crippen molar-refractivity contribution in [2.45, 2.75) is 13.0 Å². The molecule has 0 saturated heterocycles. The van der Waals surface area contributed by atoms with Gasteiger partial charge in [0.05, 0.1) is 7.11 Å². The Kier molecular flexibility index (Phi) is 6.47. The molecule has 0 amide bonds. The van der Waals surface area contributed by atoms with E-state index < -0.39 is 5.97 Å². The van der Waals surface area contributed by atoms with Gasteiger partial charge < -0.3 is 14.6 Å². The largest absolute Gasteiger partial charge is 0.507 e. The molecule has 3 aromatic rings. The van der Waals surface area contributed by atoms with E-state index in [1.165, 1.54) is 7.11 Å². The summed E-state index contributed by atoms with van der Waals surface area (Å²) in [5, 5.41) is 9.98. The highest BCUT2D eigenvalue weighted by molar-refractivity contribution is 5.92. The minimum Gasteiger partial charge on any atom is -0.507 e. The number of hydrogen-bond donors (Lipinski definition) is 1. The molecule has 28 heavy (non-hydrogen) atoms. The number of carbonyl (C=O) groups excluding carboxylic acids is 1. The standard InChI is InChI=1S/C24H22O4/c1-27-24(26)21-15-14-18(16-22(21)25)10-7-12-20-11-5-6-13-23(20)28-17-19-8-3-2-4-9-19/h2-11,13-16,25H,12,17H2,1H3. The molecule has 0 bridgehead atoms. The second-order valence-corrected chi connectivity index (χ2v) is 6.26. The van der Waals surface area contributed by atoms with Crippen molar-refractivity contribution in [1.82, 2.24) is 0 Å². The van der Waals surface area contributed by atoms with Crippen molar-refractivity contribution in [3.8, 4) is 11.5 Å². The molecule has 142 valence electrons. The Bertz CT molecular complexity index is 961. The SMILES string of the molecule is COC(=O)c1ccc(C=CCc2ccccc2OCc2ccccc2)cc1O. The van der Waals surface area contributed by atoms with Gasteiger partial charge in [0.15, 0.2) is 0 Å². The molecular formula is C24H22O4. The second kappa shape index (κ2) is 9.42. The van der Waals surface area contributed by atoms with Gasteiger partial charge in [-0.25, -0.2) is 4.79 Å². The lowest BCUT2D eigenvalue weighted by Crippen LogP contribution is -2.01. The van der Waals surface area contributed by atoms with Crippen LogP contribution in [0.4, 0.5) is 0 Å². The lowest BCUT2D eigenvalue weighted by Gasteiger charge is -2.10. The predicted octanol–water partition coefficient (Wildman–Crippen LogP) is 5.01. The molecule has 4 heteroatoms.